The Balaban J connectivity index is 1.71. The maximum absolute atomic E-state index is 14.9. The van der Waals surface area contributed by atoms with E-state index in [1.807, 2.05) is 0 Å². The van der Waals surface area contributed by atoms with Gasteiger partial charge in [0.15, 0.2) is 11.6 Å². The smallest absolute Gasteiger partial charge is 0.414 e. The number of nitrogens with zero attached hydrogens (tertiary/aromatic N) is 4. The summed E-state index contributed by atoms with van der Waals surface area (Å²) in [5.41, 5.74) is 5.05. The number of likely N-dealkylation sites (N-methyl/N-ethyl adjacent to an activating group) is 1. The highest BCUT2D eigenvalue weighted by Gasteiger charge is 2.34. The summed E-state index contributed by atoms with van der Waals surface area (Å²) in [6.45, 7) is 0.924. The van der Waals surface area contributed by atoms with Gasteiger partial charge in [0.05, 0.1) is 38.5 Å². The van der Waals surface area contributed by atoms with Crippen molar-refractivity contribution >= 4 is 23.4 Å². The van der Waals surface area contributed by atoms with Crippen molar-refractivity contribution in [2.45, 2.75) is 6.10 Å². The molecule has 5 N–H and O–H groups in total. The highest BCUT2D eigenvalue weighted by Crippen LogP contribution is 2.31. The predicted octanol–water partition coefficient (Wildman–Crippen LogP) is -0.305. The van der Waals surface area contributed by atoms with E-state index in [1.54, 1.807) is 7.05 Å². The third kappa shape index (κ3) is 5.36. The van der Waals surface area contributed by atoms with E-state index in [1.165, 1.54) is 27.4 Å². The summed E-state index contributed by atoms with van der Waals surface area (Å²) in [5, 5.41) is 5.17. The molecule has 13 heteroatoms. The van der Waals surface area contributed by atoms with E-state index in [2.05, 4.69) is 5.32 Å². The van der Waals surface area contributed by atoms with E-state index < -0.39 is 23.8 Å². The summed E-state index contributed by atoms with van der Waals surface area (Å²) in [6.07, 6.45) is 1.32. The second-order valence-electron chi connectivity index (χ2n) is 7.26. The average Bonchev–Trinajstić information content (AvgIpc) is 2.93. The highest BCUT2D eigenvalue weighted by molar-refractivity contribution is 5.90. The molecule has 11 nitrogen and oxygen atoms in total. The van der Waals surface area contributed by atoms with E-state index in [0.717, 1.165) is 17.0 Å². The number of nitrogens with two attached hydrogens (primary N) is 2. The highest BCUT2D eigenvalue weighted by atomic mass is 19.1. The molecular formula is C19H27F2N7O4. The van der Waals surface area contributed by atoms with Crippen LogP contribution in [0.25, 0.3) is 0 Å². The van der Waals surface area contributed by atoms with Crippen LogP contribution in [0.1, 0.15) is 0 Å². The lowest BCUT2D eigenvalue weighted by atomic mass is 10.2. The molecule has 0 unspecified atom stereocenters. The molecule has 0 aliphatic carbocycles. The number of carbonyl (C=O) groups excluding carboxylic acids is 2. The molecule has 2 fully saturated rings. The van der Waals surface area contributed by atoms with Crippen LogP contribution in [0.2, 0.25) is 0 Å². The number of ether oxygens (including phenoxy) is 1. The van der Waals surface area contributed by atoms with Gasteiger partial charge in [-0.3, -0.25) is 14.5 Å². The molecule has 176 valence electrons. The number of hydrogen-bond acceptors (Lipinski definition) is 9. The fourth-order valence-corrected chi connectivity index (χ4v) is 3.55. The van der Waals surface area contributed by atoms with Gasteiger partial charge in [-0.2, -0.15) is 0 Å². The van der Waals surface area contributed by atoms with Crippen LogP contribution in [0, 0.1) is 11.6 Å². The van der Waals surface area contributed by atoms with Gasteiger partial charge in [-0.05, 0) is 7.05 Å². The Morgan fingerprint density at radius 1 is 1.31 bits per heavy atom. The van der Waals surface area contributed by atoms with E-state index in [-0.39, 0.29) is 63.2 Å². The van der Waals surface area contributed by atoms with Crippen molar-refractivity contribution in [2.24, 2.45) is 11.6 Å². The molecule has 1 atom stereocenters. The molecule has 2 aliphatic rings. The van der Waals surface area contributed by atoms with E-state index >= 15 is 0 Å². The third-order valence-electron chi connectivity index (χ3n) is 4.98. The van der Waals surface area contributed by atoms with Crippen LogP contribution in [-0.4, -0.2) is 81.1 Å². The number of amides is 2. The van der Waals surface area contributed by atoms with E-state index in [9.17, 15) is 18.4 Å². The minimum Gasteiger partial charge on any atom is -0.442 e. The molecule has 2 amide bonds. The molecule has 0 aromatic heterocycles. The first-order chi connectivity index (χ1) is 15.3. The lowest BCUT2D eigenvalue weighted by molar-refractivity contribution is -0.180. The minimum atomic E-state index is -0.835. The van der Waals surface area contributed by atoms with Gasteiger partial charge in [0, 0.05) is 37.6 Å². The van der Waals surface area contributed by atoms with Crippen LogP contribution in [0.5, 0.6) is 0 Å². The second kappa shape index (κ2) is 10.4. The number of benzene rings is 1. The number of hydrogen-bond donors (Lipinski definition) is 3. The van der Waals surface area contributed by atoms with Crippen LogP contribution in [-0.2, 0) is 14.4 Å². The van der Waals surface area contributed by atoms with Gasteiger partial charge in [-0.1, -0.05) is 0 Å². The number of nitrogens with one attached hydrogen (secondary N) is 1. The molecule has 32 heavy (non-hydrogen) atoms. The molecule has 0 spiro atoms. The molecule has 2 saturated heterocycles. The average molecular weight is 455 g/mol. The molecule has 0 saturated carbocycles. The zero-order valence-corrected chi connectivity index (χ0v) is 17.7. The van der Waals surface area contributed by atoms with Crippen molar-refractivity contribution in [3.63, 3.8) is 0 Å². The summed E-state index contributed by atoms with van der Waals surface area (Å²) in [5.74, 6) is 3.75. The molecule has 3 rings (SSSR count). The quantitative estimate of drug-likeness (QED) is 0.375. The molecule has 2 aliphatic heterocycles. The van der Waals surface area contributed by atoms with Crippen molar-refractivity contribution < 1.29 is 27.9 Å². The lowest BCUT2D eigenvalue weighted by Gasteiger charge is -2.24. The van der Waals surface area contributed by atoms with Gasteiger partial charge in [-0.15, -0.1) is 0 Å². The molecule has 2 heterocycles. The van der Waals surface area contributed by atoms with Crippen LogP contribution < -0.4 is 26.7 Å². The Labute approximate surface area is 184 Å². The molecular weight excluding hydrogens is 428 g/mol. The van der Waals surface area contributed by atoms with Gasteiger partial charge in [0.25, 0.3) is 5.91 Å². The summed E-state index contributed by atoms with van der Waals surface area (Å²) in [4.78, 5) is 32.2. The first kappa shape index (κ1) is 23.5. The molecule has 1 aromatic rings. The van der Waals surface area contributed by atoms with Crippen LogP contribution >= 0.6 is 0 Å². The SMILES string of the molecule is CNCC(=O)N1CCN(c2c(F)cc(N3C[C@H](CN(N)/C=C\N)OC3=O)cc2F)CCO1. The number of carbonyl (C=O) groups is 2. The van der Waals surface area contributed by atoms with Crippen LogP contribution in [0.3, 0.4) is 0 Å². The summed E-state index contributed by atoms with van der Waals surface area (Å²) in [6, 6.07) is 2.16. The Morgan fingerprint density at radius 3 is 2.69 bits per heavy atom. The van der Waals surface area contributed by atoms with Crippen molar-refractivity contribution in [1.82, 2.24) is 15.4 Å². The number of rotatable bonds is 7. The Kier molecular flexibility index (Phi) is 7.66. The topological polar surface area (TPSA) is 130 Å². The zero-order chi connectivity index (χ0) is 23.3. The number of hydroxylamine groups is 2. The third-order valence-corrected chi connectivity index (χ3v) is 4.98. The normalized spacial score (nSPS) is 19.4. The standard InChI is InChI=1S/C19H27F2N7O4/c1-24-10-17(29)28-5-4-25(6-7-31-28)18-15(20)8-13(9-16(18)21)27-12-14(32-19(27)30)11-26(23)3-2-22/h2-3,8-9,14,24H,4-7,10-12,22-23H2,1H3/b3-2-/t14-/m0/s1. The van der Waals surface area contributed by atoms with Crippen LogP contribution in [0.15, 0.2) is 24.5 Å². The molecule has 0 radical (unpaired) electrons. The summed E-state index contributed by atoms with van der Waals surface area (Å²) < 4.78 is 35.1. The number of hydrazine groups is 1. The molecule has 0 bridgehead atoms. The van der Waals surface area contributed by atoms with E-state index in [4.69, 9.17) is 21.2 Å². The summed E-state index contributed by atoms with van der Waals surface area (Å²) in [7, 11) is 1.63. The van der Waals surface area contributed by atoms with Gasteiger partial charge in [-0.25, -0.2) is 24.5 Å². The fourth-order valence-electron chi connectivity index (χ4n) is 3.55. The van der Waals surface area contributed by atoms with Crippen molar-refractivity contribution in [3.05, 3.63) is 36.2 Å². The van der Waals surface area contributed by atoms with Crippen molar-refractivity contribution in [1.29, 1.82) is 0 Å². The second-order valence-corrected chi connectivity index (χ2v) is 7.26. The van der Waals surface area contributed by atoms with Crippen molar-refractivity contribution in [3.8, 4) is 0 Å². The number of anilines is 2. The van der Waals surface area contributed by atoms with Crippen molar-refractivity contribution in [2.75, 3.05) is 62.7 Å². The van der Waals surface area contributed by atoms with Gasteiger partial charge >= 0.3 is 6.09 Å². The maximum Gasteiger partial charge on any atom is 0.414 e. The fraction of sp³-hybridized carbons (Fsp3) is 0.474. The van der Waals surface area contributed by atoms with Gasteiger partial charge in [0.2, 0.25) is 0 Å². The zero-order valence-electron chi connectivity index (χ0n) is 17.7. The minimum absolute atomic E-state index is 0.0334. The van der Waals surface area contributed by atoms with Gasteiger partial charge < -0.3 is 25.7 Å². The van der Waals surface area contributed by atoms with Gasteiger partial charge in [0.1, 0.15) is 11.8 Å². The Bertz CT molecular complexity index is 849. The molecule has 1 aromatic carbocycles. The maximum atomic E-state index is 14.9. The first-order valence-corrected chi connectivity index (χ1v) is 10.0. The lowest BCUT2D eigenvalue weighted by Crippen LogP contribution is -2.39. The Morgan fingerprint density at radius 2 is 2.03 bits per heavy atom. The predicted molar refractivity (Wildman–Crippen MR) is 112 cm³/mol. The monoisotopic (exact) mass is 455 g/mol. The number of cyclic esters (lactones) is 1. The van der Waals surface area contributed by atoms with Crippen LogP contribution in [0.4, 0.5) is 25.0 Å². The Hall–Kier alpha value is -3.16. The first-order valence-electron chi connectivity index (χ1n) is 10.0. The summed E-state index contributed by atoms with van der Waals surface area (Å²) >= 11 is 0. The number of halogens is 2. The van der Waals surface area contributed by atoms with E-state index in [0.29, 0.717) is 0 Å². The largest absolute Gasteiger partial charge is 0.442 e.